The Morgan fingerprint density at radius 1 is 0.864 bits per heavy atom. The van der Waals surface area contributed by atoms with Crippen LogP contribution in [0, 0.1) is 0 Å². The van der Waals surface area contributed by atoms with Crippen molar-refractivity contribution < 1.29 is 0 Å². The molecular weight excluding hydrogens is 266 g/mol. The van der Waals surface area contributed by atoms with Gasteiger partial charge in [0.15, 0.2) is 0 Å². The Labute approximate surface area is 133 Å². The van der Waals surface area contributed by atoms with E-state index in [9.17, 15) is 0 Å². The van der Waals surface area contributed by atoms with Crippen LogP contribution < -0.4 is 4.90 Å². The van der Waals surface area contributed by atoms with Gasteiger partial charge in [0.2, 0.25) is 0 Å². The SMILES string of the molecule is C=CC=CC(=CC=CC)N(c1ccccc1)c1ccccc1. The minimum absolute atomic E-state index is 1.08. The van der Waals surface area contributed by atoms with Crippen molar-refractivity contribution in [1.29, 1.82) is 0 Å². The molecule has 0 saturated heterocycles. The van der Waals surface area contributed by atoms with E-state index in [1.54, 1.807) is 6.08 Å². The van der Waals surface area contributed by atoms with Crippen LogP contribution in [-0.4, -0.2) is 0 Å². The van der Waals surface area contributed by atoms with Gasteiger partial charge in [0.05, 0.1) is 0 Å². The molecule has 2 aromatic carbocycles. The minimum Gasteiger partial charge on any atom is -0.311 e. The van der Waals surface area contributed by atoms with Crippen molar-refractivity contribution in [3.05, 3.63) is 109 Å². The van der Waals surface area contributed by atoms with Crippen LogP contribution >= 0.6 is 0 Å². The van der Waals surface area contributed by atoms with Gasteiger partial charge in [-0.15, -0.1) is 0 Å². The van der Waals surface area contributed by atoms with Crippen molar-refractivity contribution in [3.8, 4) is 0 Å². The molecule has 0 spiro atoms. The van der Waals surface area contributed by atoms with Gasteiger partial charge in [-0.05, 0) is 43.3 Å². The maximum Gasteiger partial charge on any atom is 0.0461 e. The van der Waals surface area contributed by atoms with E-state index in [0.29, 0.717) is 0 Å². The molecule has 0 unspecified atom stereocenters. The predicted octanol–water partition coefficient (Wildman–Crippen LogP) is 6.03. The zero-order valence-corrected chi connectivity index (χ0v) is 12.9. The van der Waals surface area contributed by atoms with Gasteiger partial charge in [-0.3, -0.25) is 0 Å². The molecule has 0 aliphatic rings. The Kier molecular flexibility index (Phi) is 6.01. The number of allylic oxidation sites excluding steroid dienone is 6. The molecule has 0 aromatic heterocycles. The summed E-state index contributed by atoms with van der Waals surface area (Å²) in [5.74, 6) is 0. The first kappa shape index (κ1) is 15.6. The molecule has 2 rings (SSSR count). The highest BCUT2D eigenvalue weighted by Gasteiger charge is 2.11. The first-order valence-electron chi connectivity index (χ1n) is 7.39. The van der Waals surface area contributed by atoms with Crippen molar-refractivity contribution in [2.75, 3.05) is 4.90 Å². The molecule has 0 radical (unpaired) electrons. The smallest absolute Gasteiger partial charge is 0.0461 e. The van der Waals surface area contributed by atoms with Crippen molar-refractivity contribution in [2.45, 2.75) is 6.92 Å². The average Bonchev–Trinajstić information content (AvgIpc) is 2.59. The molecule has 0 N–H and O–H groups in total. The van der Waals surface area contributed by atoms with Crippen LogP contribution in [0.2, 0.25) is 0 Å². The van der Waals surface area contributed by atoms with E-state index in [0.717, 1.165) is 17.1 Å². The Bertz CT molecular complexity index is 624. The van der Waals surface area contributed by atoms with Gasteiger partial charge < -0.3 is 4.90 Å². The number of hydrogen-bond donors (Lipinski definition) is 0. The molecule has 0 aliphatic carbocycles. The normalized spacial score (nSPS) is 12.0. The minimum atomic E-state index is 1.08. The van der Waals surface area contributed by atoms with E-state index in [1.807, 2.05) is 37.3 Å². The lowest BCUT2D eigenvalue weighted by molar-refractivity contribution is 1.21. The number of para-hydroxylation sites is 2. The second-order valence-corrected chi connectivity index (χ2v) is 4.72. The lowest BCUT2D eigenvalue weighted by Gasteiger charge is -2.26. The van der Waals surface area contributed by atoms with Gasteiger partial charge in [0, 0.05) is 17.1 Å². The Balaban J connectivity index is 2.55. The number of rotatable bonds is 6. The van der Waals surface area contributed by atoms with Gasteiger partial charge in [-0.25, -0.2) is 0 Å². The summed E-state index contributed by atoms with van der Waals surface area (Å²) in [7, 11) is 0. The summed E-state index contributed by atoms with van der Waals surface area (Å²) in [6, 6.07) is 20.7. The molecule has 2 aromatic rings. The molecule has 0 bridgehead atoms. The first-order valence-corrected chi connectivity index (χ1v) is 7.39. The molecule has 0 saturated carbocycles. The van der Waals surface area contributed by atoms with Gasteiger partial charge in [0.25, 0.3) is 0 Å². The zero-order chi connectivity index (χ0) is 15.6. The Morgan fingerprint density at radius 2 is 1.41 bits per heavy atom. The molecule has 0 aliphatic heterocycles. The van der Waals surface area contributed by atoms with Crippen LogP contribution in [0.15, 0.2) is 109 Å². The van der Waals surface area contributed by atoms with Gasteiger partial charge in [-0.1, -0.05) is 67.3 Å². The summed E-state index contributed by atoms with van der Waals surface area (Å²) in [5.41, 5.74) is 3.33. The summed E-state index contributed by atoms with van der Waals surface area (Å²) in [5, 5.41) is 0. The van der Waals surface area contributed by atoms with Crippen molar-refractivity contribution >= 4 is 11.4 Å². The van der Waals surface area contributed by atoms with Crippen LogP contribution in [0.4, 0.5) is 11.4 Å². The highest BCUT2D eigenvalue weighted by molar-refractivity contribution is 5.70. The fourth-order valence-corrected chi connectivity index (χ4v) is 2.17. The molecule has 0 fully saturated rings. The quantitative estimate of drug-likeness (QED) is 0.586. The third-order valence-electron chi connectivity index (χ3n) is 3.15. The third kappa shape index (κ3) is 4.10. The van der Waals surface area contributed by atoms with E-state index in [4.69, 9.17) is 0 Å². The van der Waals surface area contributed by atoms with Crippen LogP contribution in [0.5, 0.6) is 0 Å². The monoisotopic (exact) mass is 287 g/mol. The molecule has 0 atom stereocenters. The van der Waals surface area contributed by atoms with E-state index < -0.39 is 0 Å². The summed E-state index contributed by atoms with van der Waals surface area (Å²) in [6.45, 7) is 5.78. The summed E-state index contributed by atoms with van der Waals surface area (Å²) in [6.07, 6.45) is 12.0. The van der Waals surface area contributed by atoms with Crippen LogP contribution in [0.25, 0.3) is 0 Å². The summed E-state index contributed by atoms with van der Waals surface area (Å²) < 4.78 is 0. The van der Waals surface area contributed by atoms with E-state index in [1.165, 1.54) is 0 Å². The standard InChI is InChI=1S/C21H21N/c1-3-5-13-19(14-6-4-2)22(20-15-9-7-10-16-20)21-17-11-8-12-18-21/h3-18H,1H2,2H3. The maximum absolute atomic E-state index is 3.77. The molecule has 0 amide bonds. The van der Waals surface area contributed by atoms with Gasteiger partial charge in [-0.2, -0.15) is 0 Å². The topological polar surface area (TPSA) is 3.24 Å². The maximum atomic E-state index is 3.77. The largest absolute Gasteiger partial charge is 0.311 e. The van der Waals surface area contributed by atoms with Crippen LogP contribution in [-0.2, 0) is 0 Å². The number of benzene rings is 2. The fourth-order valence-electron chi connectivity index (χ4n) is 2.17. The van der Waals surface area contributed by atoms with Crippen LogP contribution in [0.3, 0.4) is 0 Å². The average molecular weight is 287 g/mol. The van der Waals surface area contributed by atoms with Gasteiger partial charge >= 0.3 is 0 Å². The number of nitrogens with zero attached hydrogens (tertiary/aromatic N) is 1. The lowest BCUT2D eigenvalue weighted by Crippen LogP contribution is -2.14. The molecule has 1 heteroatoms. The molecular formula is C21H21N. The first-order chi connectivity index (χ1) is 10.9. The Hall–Kier alpha value is -2.80. The second kappa shape index (κ2) is 8.48. The summed E-state index contributed by atoms with van der Waals surface area (Å²) in [4.78, 5) is 2.22. The Morgan fingerprint density at radius 3 is 1.86 bits per heavy atom. The zero-order valence-electron chi connectivity index (χ0n) is 12.9. The molecule has 1 nitrogen and oxygen atoms in total. The number of hydrogen-bond acceptors (Lipinski definition) is 1. The fraction of sp³-hybridized carbons (Fsp3) is 0.0476. The highest BCUT2D eigenvalue weighted by Crippen LogP contribution is 2.30. The second-order valence-electron chi connectivity index (χ2n) is 4.72. The predicted molar refractivity (Wildman–Crippen MR) is 97.3 cm³/mol. The molecule has 0 heterocycles. The van der Waals surface area contributed by atoms with E-state index >= 15 is 0 Å². The third-order valence-corrected chi connectivity index (χ3v) is 3.15. The van der Waals surface area contributed by atoms with Crippen LogP contribution in [0.1, 0.15) is 6.92 Å². The molecule has 22 heavy (non-hydrogen) atoms. The molecule has 110 valence electrons. The van der Waals surface area contributed by atoms with Crippen molar-refractivity contribution in [2.24, 2.45) is 0 Å². The van der Waals surface area contributed by atoms with Crippen molar-refractivity contribution in [1.82, 2.24) is 0 Å². The van der Waals surface area contributed by atoms with E-state index in [2.05, 4.69) is 72.2 Å². The highest BCUT2D eigenvalue weighted by atomic mass is 15.1. The lowest BCUT2D eigenvalue weighted by atomic mass is 10.2. The summed E-state index contributed by atoms with van der Waals surface area (Å²) >= 11 is 0. The number of anilines is 2. The van der Waals surface area contributed by atoms with Gasteiger partial charge in [0.1, 0.15) is 0 Å². The van der Waals surface area contributed by atoms with E-state index in [-0.39, 0.29) is 0 Å². The van der Waals surface area contributed by atoms with Crippen molar-refractivity contribution in [3.63, 3.8) is 0 Å².